The van der Waals surface area contributed by atoms with Gasteiger partial charge in [-0.25, -0.2) is 8.42 Å². The standard InChI is InChI=1S/C19H22N2O3S/c1-3-14(2)20-19(22)16-9-10-18-15(13-16)11-12-21(18)25(23,24)17-7-5-4-6-8-17/h4-10,13-14H,3,11-12H2,1-2H3,(H,20,22). The second kappa shape index (κ2) is 6.88. The Morgan fingerprint density at radius 1 is 1.20 bits per heavy atom. The summed E-state index contributed by atoms with van der Waals surface area (Å²) in [4.78, 5) is 12.5. The molecule has 1 N–H and O–H groups in total. The number of anilines is 1. The highest BCUT2D eigenvalue weighted by molar-refractivity contribution is 7.92. The van der Waals surface area contributed by atoms with Gasteiger partial charge in [0, 0.05) is 18.2 Å². The Kier molecular flexibility index (Phi) is 4.81. The van der Waals surface area contributed by atoms with Gasteiger partial charge < -0.3 is 5.32 Å². The zero-order valence-corrected chi connectivity index (χ0v) is 15.2. The number of nitrogens with zero attached hydrogens (tertiary/aromatic N) is 1. The van der Waals surface area contributed by atoms with Crippen molar-refractivity contribution in [2.75, 3.05) is 10.8 Å². The number of hydrogen-bond donors (Lipinski definition) is 1. The molecule has 132 valence electrons. The maximum Gasteiger partial charge on any atom is 0.264 e. The first-order valence-electron chi connectivity index (χ1n) is 8.45. The first-order valence-corrected chi connectivity index (χ1v) is 9.89. The van der Waals surface area contributed by atoms with E-state index in [1.54, 1.807) is 48.5 Å². The molecule has 0 fully saturated rings. The number of carbonyl (C=O) groups is 1. The fourth-order valence-corrected chi connectivity index (χ4v) is 4.42. The summed E-state index contributed by atoms with van der Waals surface area (Å²) >= 11 is 0. The number of carbonyl (C=O) groups excluding carboxylic acids is 1. The molecule has 1 atom stereocenters. The van der Waals surface area contributed by atoms with Gasteiger partial charge in [-0.3, -0.25) is 9.10 Å². The van der Waals surface area contributed by atoms with Gasteiger partial charge in [0.05, 0.1) is 10.6 Å². The van der Waals surface area contributed by atoms with E-state index in [2.05, 4.69) is 5.32 Å². The lowest BCUT2D eigenvalue weighted by Gasteiger charge is -2.20. The molecule has 5 nitrogen and oxygen atoms in total. The summed E-state index contributed by atoms with van der Waals surface area (Å²) in [6.45, 7) is 4.36. The number of rotatable bonds is 5. The predicted molar refractivity (Wildman–Crippen MR) is 98.3 cm³/mol. The Labute approximate surface area is 148 Å². The Bertz CT molecular complexity index is 879. The van der Waals surface area contributed by atoms with E-state index in [0.29, 0.717) is 24.2 Å². The van der Waals surface area contributed by atoms with Crippen LogP contribution in [0.3, 0.4) is 0 Å². The molecule has 0 aliphatic carbocycles. The van der Waals surface area contributed by atoms with Gasteiger partial charge in [0.15, 0.2) is 0 Å². The van der Waals surface area contributed by atoms with E-state index in [4.69, 9.17) is 0 Å². The van der Waals surface area contributed by atoms with Crippen LogP contribution in [0.25, 0.3) is 0 Å². The van der Waals surface area contributed by atoms with Crippen molar-refractivity contribution in [1.82, 2.24) is 5.32 Å². The maximum absolute atomic E-state index is 12.8. The van der Waals surface area contributed by atoms with Crippen LogP contribution in [0, 0.1) is 0 Å². The van der Waals surface area contributed by atoms with Crippen LogP contribution in [-0.2, 0) is 16.4 Å². The molecule has 2 aromatic rings. The third kappa shape index (κ3) is 3.39. The van der Waals surface area contributed by atoms with E-state index in [0.717, 1.165) is 12.0 Å². The van der Waals surface area contributed by atoms with E-state index in [-0.39, 0.29) is 16.8 Å². The summed E-state index contributed by atoms with van der Waals surface area (Å²) in [7, 11) is -3.58. The SMILES string of the molecule is CCC(C)NC(=O)c1ccc2c(c1)CCN2S(=O)(=O)c1ccccc1. The molecule has 0 spiro atoms. The second-order valence-corrected chi connectivity index (χ2v) is 8.13. The fraction of sp³-hybridized carbons (Fsp3) is 0.316. The number of fused-ring (bicyclic) bond motifs is 1. The predicted octanol–water partition coefficient (Wildman–Crippen LogP) is 2.97. The van der Waals surface area contributed by atoms with Crippen molar-refractivity contribution in [3.8, 4) is 0 Å². The first kappa shape index (κ1) is 17.5. The highest BCUT2D eigenvalue weighted by Crippen LogP contribution is 2.33. The van der Waals surface area contributed by atoms with Crippen molar-refractivity contribution in [3.05, 3.63) is 59.7 Å². The molecule has 1 unspecified atom stereocenters. The summed E-state index contributed by atoms with van der Waals surface area (Å²) in [5, 5.41) is 2.93. The molecule has 1 amide bonds. The smallest absolute Gasteiger partial charge is 0.264 e. The van der Waals surface area contributed by atoms with Crippen LogP contribution in [-0.4, -0.2) is 26.9 Å². The van der Waals surface area contributed by atoms with Gasteiger partial charge in [0.25, 0.3) is 15.9 Å². The molecule has 3 rings (SSSR count). The van der Waals surface area contributed by atoms with Gasteiger partial charge >= 0.3 is 0 Å². The van der Waals surface area contributed by atoms with Gasteiger partial charge in [-0.1, -0.05) is 25.1 Å². The first-order chi connectivity index (χ1) is 11.9. The zero-order valence-electron chi connectivity index (χ0n) is 14.4. The van der Waals surface area contributed by atoms with Crippen LogP contribution in [0.1, 0.15) is 36.2 Å². The minimum Gasteiger partial charge on any atom is -0.350 e. The molecule has 6 heteroatoms. The van der Waals surface area contributed by atoms with Gasteiger partial charge in [0.1, 0.15) is 0 Å². The molecule has 0 aromatic heterocycles. The molecule has 25 heavy (non-hydrogen) atoms. The minimum atomic E-state index is -3.58. The van der Waals surface area contributed by atoms with Crippen LogP contribution in [0.2, 0.25) is 0 Å². The third-order valence-corrected chi connectivity index (χ3v) is 6.34. The average Bonchev–Trinajstić information content (AvgIpc) is 3.06. The lowest BCUT2D eigenvalue weighted by molar-refractivity contribution is 0.0939. The fourth-order valence-electron chi connectivity index (χ4n) is 2.89. The molecule has 1 aliphatic heterocycles. The minimum absolute atomic E-state index is 0.107. The van der Waals surface area contributed by atoms with Crippen molar-refractivity contribution in [1.29, 1.82) is 0 Å². The van der Waals surface area contributed by atoms with Gasteiger partial charge in [-0.05, 0) is 55.7 Å². The second-order valence-electron chi connectivity index (χ2n) is 6.27. The van der Waals surface area contributed by atoms with E-state index in [9.17, 15) is 13.2 Å². The summed E-state index contributed by atoms with van der Waals surface area (Å²) in [5.74, 6) is -0.124. The summed E-state index contributed by atoms with van der Waals surface area (Å²) < 4.78 is 27.1. The van der Waals surface area contributed by atoms with Gasteiger partial charge in [0.2, 0.25) is 0 Å². The van der Waals surface area contributed by atoms with Crippen molar-refractivity contribution < 1.29 is 13.2 Å². The van der Waals surface area contributed by atoms with E-state index in [1.165, 1.54) is 4.31 Å². The number of benzene rings is 2. The van der Waals surface area contributed by atoms with Crippen LogP contribution in [0.5, 0.6) is 0 Å². The molecule has 2 aromatic carbocycles. The topological polar surface area (TPSA) is 66.5 Å². The van der Waals surface area contributed by atoms with Crippen LogP contribution in [0.4, 0.5) is 5.69 Å². The molecular weight excluding hydrogens is 336 g/mol. The summed E-state index contributed by atoms with van der Waals surface area (Å²) in [5.41, 5.74) is 2.11. The molecular formula is C19H22N2O3S. The largest absolute Gasteiger partial charge is 0.350 e. The monoisotopic (exact) mass is 358 g/mol. The van der Waals surface area contributed by atoms with Crippen molar-refractivity contribution in [3.63, 3.8) is 0 Å². The van der Waals surface area contributed by atoms with Crippen LogP contribution in [0.15, 0.2) is 53.4 Å². The molecule has 0 bridgehead atoms. The van der Waals surface area contributed by atoms with Crippen LogP contribution < -0.4 is 9.62 Å². The molecule has 1 aliphatic rings. The number of amides is 1. The third-order valence-electron chi connectivity index (χ3n) is 4.52. The number of hydrogen-bond acceptors (Lipinski definition) is 3. The highest BCUT2D eigenvalue weighted by atomic mass is 32.2. The van der Waals surface area contributed by atoms with Gasteiger partial charge in [-0.2, -0.15) is 0 Å². The molecule has 1 heterocycles. The molecule has 0 saturated heterocycles. The Morgan fingerprint density at radius 3 is 2.60 bits per heavy atom. The normalized spacial score (nSPS) is 14.9. The lowest BCUT2D eigenvalue weighted by atomic mass is 10.1. The maximum atomic E-state index is 12.8. The van der Waals surface area contributed by atoms with Crippen molar-refractivity contribution in [2.45, 2.75) is 37.6 Å². The van der Waals surface area contributed by atoms with E-state index < -0.39 is 10.0 Å². The molecule has 0 radical (unpaired) electrons. The number of sulfonamides is 1. The lowest BCUT2D eigenvalue weighted by Crippen LogP contribution is -2.32. The van der Waals surface area contributed by atoms with Gasteiger partial charge in [-0.15, -0.1) is 0 Å². The Hall–Kier alpha value is -2.34. The summed E-state index contributed by atoms with van der Waals surface area (Å²) in [6, 6.07) is 13.7. The van der Waals surface area contributed by atoms with Crippen LogP contribution >= 0.6 is 0 Å². The van der Waals surface area contributed by atoms with Crippen molar-refractivity contribution in [2.24, 2.45) is 0 Å². The quantitative estimate of drug-likeness (QED) is 0.893. The Morgan fingerprint density at radius 2 is 1.92 bits per heavy atom. The van der Waals surface area contributed by atoms with E-state index >= 15 is 0 Å². The average molecular weight is 358 g/mol. The highest BCUT2D eigenvalue weighted by Gasteiger charge is 2.31. The molecule has 0 saturated carbocycles. The summed E-state index contributed by atoms with van der Waals surface area (Å²) in [6.07, 6.45) is 1.46. The van der Waals surface area contributed by atoms with E-state index in [1.807, 2.05) is 13.8 Å². The van der Waals surface area contributed by atoms with Crippen molar-refractivity contribution >= 4 is 21.6 Å². The number of nitrogens with one attached hydrogen (secondary N) is 1. The Balaban J connectivity index is 1.88. The zero-order chi connectivity index (χ0) is 18.0.